The summed E-state index contributed by atoms with van der Waals surface area (Å²) in [6.07, 6.45) is 5.34. The molecular weight excluding hydrogens is 236 g/mol. The van der Waals surface area contributed by atoms with Gasteiger partial charge in [0.15, 0.2) is 0 Å². The Hall–Kier alpha value is -1.31. The van der Waals surface area contributed by atoms with Crippen molar-refractivity contribution in [2.45, 2.75) is 58.8 Å². The summed E-state index contributed by atoms with van der Waals surface area (Å²) in [7, 11) is 0. The summed E-state index contributed by atoms with van der Waals surface area (Å²) in [6.45, 7) is 6.37. The Morgan fingerprint density at radius 1 is 1.21 bits per heavy atom. The van der Waals surface area contributed by atoms with Crippen molar-refractivity contribution >= 4 is 5.97 Å². The third-order valence-corrected chi connectivity index (χ3v) is 3.89. The summed E-state index contributed by atoms with van der Waals surface area (Å²) in [6, 6.07) is 7.91. The normalized spacial score (nSPS) is 14.1. The summed E-state index contributed by atoms with van der Waals surface area (Å²) >= 11 is 0. The lowest BCUT2D eigenvalue weighted by Gasteiger charge is -2.20. The predicted molar refractivity (Wildman–Crippen MR) is 79.5 cm³/mol. The number of hydrogen-bond donors (Lipinski definition) is 1. The first kappa shape index (κ1) is 15.7. The Labute approximate surface area is 116 Å². The fourth-order valence-corrected chi connectivity index (χ4v) is 2.49. The van der Waals surface area contributed by atoms with E-state index in [-0.39, 0.29) is 5.92 Å². The van der Waals surface area contributed by atoms with Crippen LogP contribution in [0.15, 0.2) is 24.3 Å². The number of carboxylic acid groups (broad SMARTS) is 1. The van der Waals surface area contributed by atoms with Crippen molar-refractivity contribution in [3.05, 3.63) is 35.4 Å². The zero-order valence-electron chi connectivity index (χ0n) is 12.4. The van der Waals surface area contributed by atoms with E-state index in [0.29, 0.717) is 5.92 Å². The van der Waals surface area contributed by atoms with Crippen LogP contribution < -0.4 is 0 Å². The van der Waals surface area contributed by atoms with Crippen molar-refractivity contribution in [1.82, 2.24) is 0 Å². The third kappa shape index (κ3) is 5.06. The minimum absolute atomic E-state index is 0.359. The second-order valence-electron chi connectivity index (χ2n) is 5.45. The molecule has 106 valence electrons. The molecule has 0 saturated heterocycles. The Morgan fingerprint density at radius 2 is 1.84 bits per heavy atom. The molecule has 0 bridgehead atoms. The van der Waals surface area contributed by atoms with Gasteiger partial charge in [-0.15, -0.1) is 0 Å². The number of benzene rings is 1. The molecule has 0 heterocycles. The van der Waals surface area contributed by atoms with E-state index in [4.69, 9.17) is 0 Å². The van der Waals surface area contributed by atoms with E-state index in [0.717, 1.165) is 24.8 Å². The van der Waals surface area contributed by atoms with E-state index in [1.54, 1.807) is 0 Å². The van der Waals surface area contributed by atoms with Crippen LogP contribution in [-0.4, -0.2) is 11.1 Å². The van der Waals surface area contributed by atoms with Gasteiger partial charge >= 0.3 is 5.97 Å². The molecule has 2 nitrogen and oxygen atoms in total. The molecule has 2 unspecified atom stereocenters. The lowest BCUT2D eigenvalue weighted by Crippen LogP contribution is -2.16. The smallest absolute Gasteiger partial charge is 0.310 e. The first-order chi connectivity index (χ1) is 9.08. The van der Waals surface area contributed by atoms with Crippen molar-refractivity contribution in [3.63, 3.8) is 0 Å². The largest absolute Gasteiger partial charge is 0.481 e. The molecule has 1 N–H and O–H groups in total. The molecule has 1 aromatic rings. The summed E-state index contributed by atoms with van der Waals surface area (Å²) in [5, 5.41) is 9.47. The molecule has 0 aliphatic heterocycles. The Morgan fingerprint density at radius 3 is 2.32 bits per heavy atom. The molecule has 0 saturated carbocycles. The lowest BCUT2D eigenvalue weighted by molar-refractivity contribution is -0.139. The number of hydrogen-bond acceptors (Lipinski definition) is 1. The Kier molecular flexibility index (Phi) is 6.61. The number of carboxylic acids is 1. The van der Waals surface area contributed by atoms with Crippen molar-refractivity contribution in [2.75, 3.05) is 0 Å². The second-order valence-corrected chi connectivity index (χ2v) is 5.45. The highest BCUT2D eigenvalue weighted by Gasteiger charge is 2.23. The maximum absolute atomic E-state index is 11.5. The molecule has 0 aliphatic rings. The van der Waals surface area contributed by atoms with Gasteiger partial charge in [0, 0.05) is 0 Å². The molecule has 0 fully saturated rings. The molecule has 19 heavy (non-hydrogen) atoms. The second kappa shape index (κ2) is 7.98. The summed E-state index contributed by atoms with van der Waals surface area (Å²) in [5.41, 5.74) is 2.11. The van der Waals surface area contributed by atoms with E-state index >= 15 is 0 Å². The zero-order valence-corrected chi connectivity index (χ0v) is 12.4. The maximum atomic E-state index is 11.5. The van der Waals surface area contributed by atoms with Gasteiger partial charge < -0.3 is 5.11 Å². The van der Waals surface area contributed by atoms with Gasteiger partial charge in [0.25, 0.3) is 0 Å². The lowest BCUT2D eigenvalue weighted by atomic mass is 9.85. The SMILES string of the molecule is CCCCC(CC)CC(C(=O)O)c1ccc(C)cc1. The third-order valence-electron chi connectivity index (χ3n) is 3.89. The van der Waals surface area contributed by atoms with Gasteiger partial charge in [0.05, 0.1) is 5.92 Å². The fourth-order valence-electron chi connectivity index (χ4n) is 2.49. The van der Waals surface area contributed by atoms with Crippen LogP contribution in [0, 0.1) is 12.8 Å². The van der Waals surface area contributed by atoms with Crippen LogP contribution in [-0.2, 0) is 4.79 Å². The van der Waals surface area contributed by atoms with Crippen molar-refractivity contribution < 1.29 is 9.90 Å². The average molecular weight is 262 g/mol. The van der Waals surface area contributed by atoms with Crippen LogP contribution in [0.1, 0.15) is 63.0 Å². The van der Waals surface area contributed by atoms with Gasteiger partial charge in [-0.3, -0.25) is 4.79 Å². The van der Waals surface area contributed by atoms with E-state index in [1.807, 2.05) is 31.2 Å². The molecule has 2 atom stereocenters. The molecule has 0 aliphatic carbocycles. The first-order valence-corrected chi connectivity index (χ1v) is 7.37. The van der Waals surface area contributed by atoms with Gasteiger partial charge in [0.2, 0.25) is 0 Å². The topological polar surface area (TPSA) is 37.3 Å². The molecule has 0 amide bonds. The number of rotatable bonds is 8. The van der Waals surface area contributed by atoms with Crippen molar-refractivity contribution in [1.29, 1.82) is 0 Å². The minimum Gasteiger partial charge on any atom is -0.481 e. The first-order valence-electron chi connectivity index (χ1n) is 7.37. The summed E-state index contributed by atoms with van der Waals surface area (Å²) in [4.78, 5) is 11.5. The van der Waals surface area contributed by atoms with Gasteiger partial charge in [-0.2, -0.15) is 0 Å². The number of aliphatic carboxylic acids is 1. The van der Waals surface area contributed by atoms with Crippen molar-refractivity contribution in [3.8, 4) is 0 Å². The van der Waals surface area contributed by atoms with Gasteiger partial charge in [-0.25, -0.2) is 0 Å². The quantitative estimate of drug-likeness (QED) is 0.732. The van der Waals surface area contributed by atoms with E-state index in [1.165, 1.54) is 18.4 Å². The van der Waals surface area contributed by atoms with E-state index < -0.39 is 5.97 Å². The minimum atomic E-state index is -0.696. The molecular formula is C17H26O2. The highest BCUT2D eigenvalue weighted by atomic mass is 16.4. The number of carbonyl (C=O) groups is 1. The van der Waals surface area contributed by atoms with Crippen LogP contribution in [0.5, 0.6) is 0 Å². The zero-order chi connectivity index (χ0) is 14.3. The highest BCUT2D eigenvalue weighted by molar-refractivity contribution is 5.76. The van der Waals surface area contributed by atoms with E-state index in [9.17, 15) is 9.90 Å². The monoisotopic (exact) mass is 262 g/mol. The van der Waals surface area contributed by atoms with E-state index in [2.05, 4.69) is 13.8 Å². The molecule has 1 aromatic carbocycles. The Bertz CT molecular complexity index is 381. The number of unbranched alkanes of at least 4 members (excludes halogenated alkanes) is 1. The van der Waals surface area contributed by atoms with Crippen LogP contribution in [0.3, 0.4) is 0 Å². The van der Waals surface area contributed by atoms with Gasteiger partial charge in [-0.05, 0) is 24.8 Å². The predicted octanol–water partition coefficient (Wildman–Crippen LogP) is 4.77. The molecule has 2 heteroatoms. The van der Waals surface area contributed by atoms with Crippen LogP contribution in [0.25, 0.3) is 0 Å². The Balaban J connectivity index is 2.77. The summed E-state index contributed by atoms with van der Waals surface area (Å²) in [5.74, 6) is -0.538. The van der Waals surface area contributed by atoms with Crippen LogP contribution >= 0.6 is 0 Å². The molecule has 0 aromatic heterocycles. The standard InChI is InChI=1S/C17H26O2/c1-4-6-7-14(5-2)12-16(17(18)19)15-10-8-13(3)9-11-15/h8-11,14,16H,4-7,12H2,1-3H3,(H,18,19). The van der Waals surface area contributed by atoms with Crippen LogP contribution in [0.4, 0.5) is 0 Å². The van der Waals surface area contributed by atoms with Gasteiger partial charge in [-0.1, -0.05) is 69.4 Å². The summed E-state index contributed by atoms with van der Waals surface area (Å²) < 4.78 is 0. The number of aryl methyl sites for hydroxylation is 1. The highest BCUT2D eigenvalue weighted by Crippen LogP contribution is 2.29. The molecule has 0 radical (unpaired) electrons. The maximum Gasteiger partial charge on any atom is 0.310 e. The van der Waals surface area contributed by atoms with Crippen LogP contribution in [0.2, 0.25) is 0 Å². The van der Waals surface area contributed by atoms with Gasteiger partial charge in [0.1, 0.15) is 0 Å². The fraction of sp³-hybridized carbons (Fsp3) is 0.588. The molecule has 0 spiro atoms. The van der Waals surface area contributed by atoms with Crippen molar-refractivity contribution in [2.24, 2.45) is 5.92 Å². The average Bonchev–Trinajstić information content (AvgIpc) is 2.40. The molecule has 1 rings (SSSR count).